The molecule has 3 fully saturated rings. The zero-order valence-corrected chi connectivity index (χ0v) is 21.7. The summed E-state index contributed by atoms with van der Waals surface area (Å²) in [5.74, 6) is -3.26. The number of likely N-dealkylation sites (tertiary alicyclic amines) is 1. The number of amides is 2. The van der Waals surface area contributed by atoms with Crippen LogP contribution in [0.4, 0.5) is 5.69 Å². The predicted octanol–water partition coefficient (Wildman–Crippen LogP) is 2.90. The van der Waals surface area contributed by atoms with E-state index in [0.717, 1.165) is 5.56 Å². The summed E-state index contributed by atoms with van der Waals surface area (Å²) < 4.78 is 12.0. The maximum Gasteiger partial charge on any atom is 0.313 e. The van der Waals surface area contributed by atoms with Crippen LogP contribution in [0.1, 0.15) is 25.8 Å². The zero-order valence-electron chi connectivity index (χ0n) is 20.9. The molecule has 0 aromatic heterocycles. The van der Waals surface area contributed by atoms with Gasteiger partial charge in [0.05, 0.1) is 28.8 Å². The number of aryl methyl sites for hydroxylation is 1. The second kappa shape index (κ2) is 9.65. The number of carbonyl (C=O) groups excluding carboxylic acids is 3. The van der Waals surface area contributed by atoms with Crippen molar-refractivity contribution in [3.63, 3.8) is 0 Å². The zero-order chi connectivity index (χ0) is 26.4. The molecular formula is C27H33ClN2O6. The Labute approximate surface area is 216 Å². The van der Waals surface area contributed by atoms with E-state index < -0.39 is 46.9 Å². The number of rotatable bonds is 9. The summed E-state index contributed by atoms with van der Waals surface area (Å²) in [5.41, 5.74) is -0.919. The lowest BCUT2D eigenvalue weighted by Gasteiger charge is -2.37. The highest BCUT2D eigenvalue weighted by Gasteiger charge is 2.80. The van der Waals surface area contributed by atoms with Crippen molar-refractivity contribution >= 4 is 35.1 Å². The molecule has 6 atom stereocenters. The van der Waals surface area contributed by atoms with Gasteiger partial charge in [-0.05, 0) is 37.8 Å². The molecule has 194 valence electrons. The third-order valence-corrected chi connectivity index (χ3v) is 8.33. The van der Waals surface area contributed by atoms with Gasteiger partial charge < -0.3 is 24.4 Å². The smallest absolute Gasteiger partial charge is 0.313 e. The average Bonchev–Trinajstić information content (AvgIpc) is 3.33. The Hall–Kier alpha value is -2.68. The van der Waals surface area contributed by atoms with Gasteiger partial charge in [0.2, 0.25) is 5.91 Å². The van der Waals surface area contributed by atoms with Crippen molar-refractivity contribution in [1.29, 1.82) is 0 Å². The largest absolute Gasteiger partial charge is 0.461 e. The van der Waals surface area contributed by atoms with Crippen LogP contribution in [-0.4, -0.2) is 71.3 Å². The molecule has 3 saturated heterocycles. The maximum atomic E-state index is 14.4. The van der Waals surface area contributed by atoms with Crippen molar-refractivity contribution in [2.45, 2.75) is 44.4 Å². The van der Waals surface area contributed by atoms with Gasteiger partial charge in [0.15, 0.2) is 0 Å². The van der Waals surface area contributed by atoms with Crippen molar-refractivity contribution in [2.75, 3.05) is 31.2 Å². The second-order valence-electron chi connectivity index (χ2n) is 10.0. The van der Waals surface area contributed by atoms with E-state index in [1.165, 1.54) is 15.9 Å². The number of esters is 1. The fraction of sp³-hybridized carbons (Fsp3) is 0.519. The summed E-state index contributed by atoms with van der Waals surface area (Å²) in [6, 6.07) is 4.29. The molecule has 3 aliphatic rings. The monoisotopic (exact) mass is 516 g/mol. The number of β-amino-alcohol motifs (C(OH)–C–C–N with tert-alkyl or cyclic N) is 1. The van der Waals surface area contributed by atoms with Gasteiger partial charge in [-0.2, -0.15) is 0 Å². The van der Waals surface area contributed by atoms with E-state index in [0.29, 0.717) is 17.1 Å². The van der Waals surface area contributed by atoms with Crippen LogP contribution in [0.25, 0.3) is 0 Å². The van der Waals surface area contributed by atoms with Gasteiger partial charge in [-0.15, -0.1) is 6.58 Å². The van der Waals surface area contributed by atoms with E-state index in [9.17, 15) is 19.5 Å². The summed E-state index contributed by atoms with van der Waals surface area (Å²) in [4.78, 5) is 44.3. The summed E-state index contributed by atoms with van der Waals surface area (Å²) in [5, 5.41) is 10.2. The van der Waals surface area contributed by atoms with Crippen LogP contribution >= 0.6 is 11.6 Å². The van der Waals surface area contributed by atoms with E-state index in [2.05, 4.69) is 13.2 Å². The molecule has 9 heteroatoms. The molecule has 0 radical (unpaired) electrons. The van der Waals surface area contributed by atoms with Gasteiger partial charge in [0, 0.05) is 13.1 Å². The van der Waals surface area contributed by atoms with Crippen molar-refractivity contribution < 1.29 is 29.0 Å². The number of aliphatic hydroxyl groups excluding tert-OH is 1. The third kappa shape index (κ3) is 3.69. The number of anilines is 1. The molecule has 1 spiro atoms. The minimum atomic E-state index is -1.25. The molecule has 4 rings (SSSR count). The first-order valence-electron chi connectivity index (χ1n) is 12.2. The highest BCUT2D eigenvalue weighted by atomic mass is 35.5. The van der Waals surface area contributed by atoms with Gasteiger partial charge in [0.25, 0.3) is 5.91 Å². The predicted molar refractivity (Wildman–Crippen MR) is 135 cm³/mol. The van der Waals surface area contributed by atoms with Crippen LogP contribution in [0.2, 0.25) is 5.02 Å². The number of benzene rings is 1. The van der Waals surface area contributed by atoms with Crippen molar-refractivity contribution in [3.05, 3.63) is 54.1 Å². The van der Waals surface area contributed by atoms with Crippen molar-refractivity contribution in [1.82, 2.24) is 4.90 Å². The quantitative estimate of drug-likeness (QED) is 0.400. The molecule has 3 unspecified atom stereocenters. The minimum Gasteiger partial charge on any atom is -0.461 e. The van der Waals surface area contributed by atoms with Crippen LogP contribution in [0, 0.1) is 24.7 Å². The van der Waals surface area contributed by atoms with Crippen LogP contribution in [0.15, 0.2) is 43.5 Å². The first-order chi connectivity index (χ1) is 17.1. The number of fused-ring (bicyclic) bond motifs is 1. The number of para-hydroxylation sites is 1. The number of hydrogen-bond acceptors (Lipinski definition) is 6. The molecule has 3 heterocycles. The molecule has 1 N–H and O–H groups in total. The highest BCUT2D eigenvalue weighted by Crippen LogP contribution is 2.65. The van der Waals surface area contributed by atoms with Crippen molar-refractivity contribution in [2.24, 2.45) is 17.8 Å². The first-order valence-corrected chi connectivity index (χ1v) is 12.5. The molecular weight excluding hydrogens is 484 g/mol. The van der Waals surface area contributed by atoms with E-state index >= 15 is 0 Å². The standard InChI is InChI=1S/C27H33ClN2O6/c1-6-11-29(21-16(3)9-8-10-18(21)28)24(33)22-27-15-17(4)26(5,36-27)20(25(34)35-14-7-2)19(27)23(32)30(22)12-13-31/h6-10,17,19-20,22,31H,1-2,11-15H2,3-5H3/t17?,19-,20+,22?,26-,27?/m0/s1. The van der Waals surface area contributed by atoms with Crippen LogP contribution in [0.5, 0.6) is 0 Å². The molecule has 8 nitrogen and oxygen atoms in total. The topological polar surface area (TPSA) is 96.4 Å². The van der Waals surface area contributed by atoms with E-state index in [4.69, 9.17) is 21.1 Å². The van der Waals surface area contributed by atoms with Crippen molar-refractivity contribution in [3.8, 4) is 0 Å². The molecule has 2 amide bonds. The molecule has 2 bridgehead atoms. The van der Waals surface area contributed by atoms with Crippen LogP contribution < -0.4 is 4.90 Å². The Kier molecular flexibility index (Phi) is 7.07. The molecule has 3 aliphatic heterocycles. The summed E-state index contributed by atoms with van der Waals surface area (Å²) in [6.45, 7) is 12.8. The van der Waals surface area contributed by atoms with E-state index in [1.54, 1.807) is 18.2 Å². The van der Waals surface area contributed by atoms with E-state index in [-0.39, 0.29) is 32.2 Å². The number of aliphatic hydroxyl groups is 1. The Balaban J connectivity index is 1.84. The maximum absolute atomic E-state index is 14.4. The molecule has 1 aromatic carbocycles. The first kappa shape index (κ1) is 26.4. The SMILES string of the molecule is C=CCOC(=O)[C@H]1[C@H]2C(=O)N(CCO)C(C(=O)N(CC=C)c3c(C)cccc3Cl)C23CC(C)[C@]1(C)O3. The van der Waals surface area contributed by atoms with Crippen LogP contribution in [0.3, 0.4) is 0 Å². The van der Waals surface area contributed by atoms with Gasteiger partial charge in [0.1, 0.15) is 24.2 Å². The fourth-order valence-corrected chi connectivity index (χ4v) is 6.81. The van der Waals surface area contributed by atoms with Gasteiger partial charge >= 0.3 is 5.97 Å². The lowest BCUT2D eigenvalue weighted by Crippen LogP contribution is -2.57. The Bertz CT molecular complexity index is 1090. The fourth-order valence-electron chi connectivity index (χ4n) is 6.49. The summed E-state index contributed by atoms with van der Waals surface area (Å²) in [6.07, 6.45) is 3.47. The minimum absolute atomic E-state index is 0.00924. The van der Waals surface area contributed by atoms with Crippen LogP contribution in [-0.2, 0) is 23.9 Å². The Morgan fingerprint density at radius 1 is 1.36 bits per heavy atom. The number of carbonyl (C=O) groups is 3. The number of halogens is 1. The Morgan fingerprint density at radius 2 is 2.08 bits per heavy atom. The van der Waals surface area contributed by atoms with E-state index in [1.807, 2.05) is 26.8 Å². The molecule has 36 heavy (non-hydrogen) atoms. The molecule has 0 aliphatic carbocycles. The Morgan fingerprint density at radius 3 is 2.69 bits per heavy atom. The number of nitrogens with zero attached hydrogens (tertiary/aromatic N) is 2. The van der Waals surface area contributed by atoms with Gasteiger partial charge in [-0.25, -0.2) is 0 Å². The average molecular weight is 517 g/mol. The lowest BCUT2D eigenvalue weighted by molar-refractivity contribution is -0.160. The van der Waals surface area contributed by atoms with Gasteiger partial charge in [-0.3, -0.25) is 14.4 Å². The lowest BCUT2D eigenvalue weighted by atomic mass is 9.62. The molecule has 0 saturated carbocycles. The highest BCUT2D eigenvalue weighted by molar-refractivity contribution is 6.34. The summed E-state index contributed by atoms with van der Waals surface area (Å²) in [7, 11) is 0. The third-order valence-electron chi connectivity index (χ3n) is 8.02. The number of hydrogen-bond donors (Lipinski definition) is 1. The molecule has 1 aromatic rings. The second-order valence-corrected chi connectivity index (χ2v) is 10.4. The van der Waals surface area contributed by atoms with Gasteiger partial charge in [-0.1, -0.05) is 49.4 Å². The summed E-state index contributed by atoms with van der Waals surface area (Å²) >= 11 is 6.53. The normalized spacial score (nSPS) is 32.4. The number of ether oxygens (including phenoxy) is 2.